The van der Waals surface area contributed by atoms with Crippen LogP contribution >= 0.6 is 22.9 Å². The molecule has 0 bridgehead atoms. The van der Waals surface area contributed by atoms with Crippen molar-refractivity contribution in [3.8, 4) is 0 Å². The molecule has 86 valence electrons. The first-order valence-corrected chi connectivity index (χ1v) is 6.02. The second-order valence-corrected chi connectivity index (χ2v) is 5.10. The Bertz CT molecular complexity index is 648. The van der Waals surface area contributed by atoms with Gasteiger partial charge in [0.2, 0.25) is 0 Å². The highest BCUT2D eigenvalue weighted by atomic mass is 35.5. The van der Waals surface area contributed by atoms with E-state index >= 15 is 0 Å². The summed E-state index contributed by atoms with van der Waals surface area (Å²) in [6.07, 6.45) is 3.28. The van der Waals surface area contributed by atoms with Crippen LogP contribution in [0.15, 0.2) is 24.5 Å². The second-order valence-electron chi connectivity index (χ2n) is 3.30. The summed E-state index contributed by atoms with van der Waals surface area (Å²) in [7, 11) is 0. The van der Waals surface area contributed by atoms with Crippen molar-refractivity contribution in [1.29, 1.82) is 0 Å². The van der Waals surface area contributed by atoms with E-state index in [1.165, 1.54) is 11.3 Å². The lowest BCUT2D eigenvalue weighted by molar-refractivity contribution is 0.820. The SMILES string of the molecule is Clc1ccc(CNc2cncc3nnnn23)s1. The number of hydrogen-bond acceptors (Lipinski definition) is 6. The maximum absolute atomic E-state index is 5.86. The number of halogens is 1. The summed E-state index contributed by atoms with van der Waals surface area (Å²) < 4.78 is 2.38. The van der Waals surface area contributed by atoms with Gasteiger partial charge in [-0.05, 0) is 22.6 Å². The Morgan fingerprint density at radius 1 is 1.35 bits per heavy atom. The second kappa shape index (κ2) is 4.27. The number of tetrazole rings is 1. The normalized spacial score (nSPS) is 10.9. The van der Waals surface area contributed by atoms with E-state index in [2.05, 4.69) is 25.8 Å². The van der Waals surface area contributed by atoms with Crippen LogP contribution in [0, 0.1) is 0 Å². The highest BCUT2D eigenvalue weighted by Gasteiger charge is 2.04. The fraction of sp³-hybridized carbons (Fsp3) is 0.111. The maximum atomic E-state index is 5.86. The van der Waals surface area contributed by atoms with Gasteiger partial charge in [-0.1, -0.05) is 11.6 Å². The van der Waals surface area contributed by atoms with E-state index in [0.29, 0.717) is 12.2 Å². The maximum Gasteiger partial charge on any atom is 0.199 e. The van der Waals surface area contributed by atoms with Gasteiger partial charge in [-0.3, -0.25) is 4.98 Å². The van der Waals surface area contributed by atoms with Gasteiger partial charge in [-0.25, -0.2) is 0 Å². The molecule has 3 aromatic rings. The minimum absolute atomic E-state index is 0.610. The number of aromatic nitrogens is 5. The van der Waals surface area contributed by atoms with Crippen LogP contribution in [0.25, 0.3) is 5.65 Å². The highest BCUT2D eigenvalue weighted by molar-refractivity contribution is 7.16. The predicted octanol–water partition coefficient (Wildman–Crippen LogP) is 1.85. The molecule has 3 aromatic heterocycles. The molecule has 0 amide bonds. The number of nitrogens with zero attached hydrogens (tertiary/aromatic N) is 5. The van der Waals surface area contributed by atoms with Crippen molar-refractivity contribution in [2.75, 3.05) is 5.32 Å². The Kier molecular flexibility index (Phi) is 2.62. The molecule has 0 saturated heterocycles. The minimum atomic E-state index is 0.610. The summed E-state index contributed by atoms with van der Waals surface area (Å²) in [5.74, 6) is 0.747. The molecule has 3 heterocycles. The average molecular weight is 267 g/mol. The predicted molar refractivity (Wildman–Crippen MR) is 65.2 cm³/mol. The van der Waals surface area contributed by atoms with E-state index in [-0.39, 0.29) is 0 Å². The average Bonchev–Trinajstić information content (AvgIpc) is 2.94. The van der Waals surface area contributed by atoms with Crippen molar-refractivity contribution in [1.82, 2.24) is 25.0 Å². The van der Waals surface area contributed by atoms with Crippen LogP contribution in [-0.4, -0.2) is 25.0 Å². The fourth-order valence-corrected chi connectivity index (χ4v) is 2.45. The summed E-state index contributed by atoms with van der Waals surface area (Å²) in [6, 6.07) is 3.85. The van der Waals surface area contributed by atoms with E-state index in [4.69, 9.17) is 11.6 Å². The number of nitrogens with one attached hydrogen (secondary N) is 1. The highest BCUT2D eigenvalue weighted by Crippen LogP contribution is 2.22. The standard InChI is InChI=1S/C9H7ClN6S/c10-7-2-1-6(17-7)3-12-8-4-11-5-9-13-14-15-16(8)9/h1-2,4-5,12H,3H2. The number of hydrogen-bond donors (Lipinski definition) is 1. The summed E-state index contributed by atoms with van der Waals surface area (Å²) in [6.45, 7) is 0.665. The first-order chi connectivity index (χ1) is 8.33. The lowest BCUT2D eigenvalue weighted by Crippen LogP contribution is -2.04. The smallest absolute Gasteiger partial charge is 0.199 e. The summed E-state index contributed by atoms with van der Waals surface area (Å²) in [5, 5.41) is 14.5. The Balaban J connectivity index is 1.83. The molecule has 17 heavy (non-hydrogen) atoms. The molecule has 0 aromatic carbocycles. The van der Waals surface area contributed by atoms with Crippen LogP contribution in [0.4, 0.5) is 5.82 Å². The molecule has 0 saturated carbocycles. The monoisotopic (exact) mass is 266 g/mol. The lowest BCUT2D eigenvalue weighted by Gasteiger charge is -2.04. The van der Waals surface area contributed by atoms with E-state index in [1.54, 1.807) is 16.9 Å². The molecule has 0 unspecified atom stereocenters. The van der Waals surface area contributed by atoms with Gasteiger partial charge in [0, 0.05) is 4.88 Å². The third-order valence-electron chi connectivity index (χ3n) is 2.18. The van der Waals surface area contributed by atoms with Crippen molar-refractivity contribution in [3.05, 3.63) is 33.7 Å². The summed E-state index contributed by atoms with van der Waals surface area (Å²) in [4.78, 5) is 5.19. The van der Waals surface area contributed by atoms with Gasteiger partial charge in [-0.15, -0.1) is 16.4 Å². The first kappa shape index (κ1) is 10.4. The topological polar surface area (TPSA) is 68.0 Å². The Labute approximate surface area is 105 Å². The lowest BCUT2D eigenvalue weighted by atomic mass is 10.4. The zero-order chi connectivity index (χ0) is 11.7. The third-order valence-corrected chi connectivity index (χ3v) is 3.41. The first-order valence-electron chi connectivity index (χ1n) is 4.83. The Morgan fingerprint density at radius 3 is 3.12 bits per heavy atom. The van der Waals surface area contributed by atoms with Crippen molar-refractivity contribution in [2.24, 2.45) is 0 Å². The van der Waals surface area contributed by atoms with Crippen LogP contribution in [0.1, 0.15) is 4.88 Å². The molecule has 0 radical (unpaired) electrons. The number of fused-ring (bicyclic) bond motifs is 1. The Morgan fingerprint density at radius 2 is 2.29 bits per heavy atom. The van der Waals surface area contributed by atoms with Gasteiger partial charge in [0.1, 0.15) is 0 Å². The number of anilines is 1. The van der Waals surface area contributed by atoms with Gasteiger partial charge in [-0.2, -0.15) is 4.52 Å². The molecule has 6 nitrogen and oxygen atoms in total. The van der Waals surface area contributed by atoms with E-state index < -0.39 is 0 Å². The fourth-order valence-electron chi connectivity index (χ4n) is 1.42. The minimum Gasteiger partial charge on any atom is -0.364 e. The van der Waals surface area contributed by atoms with Gasteiger partial charge in [0.25, 0.3) is 0 Å². The van der Waals surface area contributed by atoms with E-state index in [1.807, 2.05) is 12.1 Å². The molecular weight excluding hydrogens is 260 g/mol. The number of rotatable bonds is 3. The van der Waals surface area contributed by atoms with Crippen molar-refractivity contribution < 1.29 is 0 Å². The van der Waals surface area contributed by atoms with Crippen molar-refractivity contribution >= 4 is 34.4 Å². The summed E-state index contributed by atoms with van der Waals surface area (Å²) >= 11 is 7.40. The zero-order valence-electron chi connectivity index (χ0n) is 8.54. The molecule has 0 atom stereocenters. The van der Waals surface area contributed by atoms with Gasteiger partial charge in [0.15, 0.2) is 11.5 Å². The van der Waals surface area contributed by atoms with Crippen LogP contribution in [0.2, 0.25) is 4.34 Å². The van der Waals surface area contributed by atoms with Crippen molar-refractivity contribution in [2.45, 2.75) is 6.54 Å². The molecular formula is C9H7ClN6S. The van der Waals surface area contributed by atoms with Crippen molar-refractivity contribution in [3.63, 3.8) is 0 Å². The molecule has 8 heteroatoms. The van der Waals surface area contributed by atoms with Crippen LogP contribution < -0.4 is 5.32 Å². The van der Waals surface area contributed by atoms with E-state index in [0.717, 1.165) is 15.0 Å². The summed E-state index contributed by atoms with van der Waals surface area (Å²) in [5.41, 5.74) is 0.610. The molecule has 0 fully saturated rings. The van der Waals surface area contributed by atoms with Gasteiger partial charge in [0.05, 0.1) is 23.3 Å². The molecule has 3 rings (SSSR count). The quantitative estimate of drug-likeness (QED) is 0.784. The molecule has 1 N–H and O–H groups in total. The van der Waals surface area contributed by atoms with Gasteiger partial charge >= 0.3 is 0 Å². The molecule has 0 aliphatic heterocycles. The van der Waals surface area contributed by atoms with Crippen LogP contribution in [0.3, 0.4) is 0 Å². The molecule has 0 spiro atoms. The zero-order valence-corrected chi connectivity index (χ0v) is 10.1. The molecule has 0 aliphatic rings. The number of thiophene rings is 1. The van der Waals surface area contributed by atoms with E-state index in [9.17, 15) is 0 Å². The third kappa shape index (κ3) is 2.06. The van der Waals surface area contributed by atoms with Crippen LogP contribution in [-0.2, 0) is 6.54 Å². The van der Waals surface area contributed by atoms with Crippen LogP contribution in [0.5, 0.6) is 0 Å². The largest absolute Gasteiger partial charge is 0.364 e. The molecule has 0 aliphatic carbocycles. The Hall–Kier alpha value is -1.73. The van der Waals surface area contributed by atoms with Gasteiger partial charge < -0.3 is 5.32 Å².